The van der Waals surface area contributed by atoms with Crippen molar-refractivity contribution < 1.29 is 4.74 Å². The molecule has 16 heavy (non-hydrogen) atoms. The van der Waals surface area contributed by atoms with Gasteiger partial charge in [-0.2, -0.15) is 0 Å². The Kier molecular flexibility index (Phi) is 5.41. The topological polar surface area (TPSA) is 12.5 Å². The molecule has 0 unspecified atom stereocenters. The predicted molar refractivity (Wildman–Crippen MR) is 68.6 cm³/mol. The summed E-state index contributed by atoms with van der Waals surface area (Å²) in [5.74, 6) is 0. The summed E-state index contributed by atoms with van der Waals surface area (Å²) in [7, 11) is 0. The van der Waals surface area contributed by atoms with Crippen LogP contribution >= 0.6 is 0 Å². The molecule has 0 amide bonds. The van der Waals surface area contributed by atoms with Crippen LogP contribution in [0.1, 0.15) is 70.6 Å². The average Bonchev–Trinajstić information content (AvgIpc) is 3.02. The van der Waals surface area contributed by atoms with Crippen molar-refractivity contribution in [1.29, 1.82) is 0 Å². The maximum absolute atomic E-state index is 5.70. The molecule has 1 heterocycles. The quantitative estimate of drug-likeness (QED) is 0.430. The zero-order valence-corrected chi connectivity index (χ0v) is 10.5. The fourth-order valence-electron chi connectivity index (χ4n) is 2.67. The van der Waals surface area contributed by atoms with Crippen molar-refractivity contribution in [2.75, 3.05) is 0 Å². The van der Waals surface area contributed by atoms with Gasteiger partial charge in [0, 0.05) is 0 Å². The lowest BCUT2D eigenvalue weighted by molar-refractivity contribution is 0.348. The minimum atomic E-state index is 0.640. The van der Waals surface area contributed by atoms with Gasteiger partial charge in [0.05, 0.1) is 12.2 Å². The van der Waals surface area contributed by atoms with Crippen LogP contribution in [0.25, 0.3) is 0 Å². The molecule has 92 valence electrons. The Bertz CT molecular complexity index is 209. The first kappa shape index (κ1) is 12.2. The van der Waals surface area contributed by atoms with Crippen LogP contribution in [0.15, 0.2) is 12.2 Å². The van der Waals surface area contributed by atoms with E-state index in [1.54, 1.807) is 0 Å². The molecule has 1 saturated heterocycles. The fourth-order valence-corrected chi connectivity index (χ4v) is 2.67. The zero-order chi connectivity index (χ0) is 11.1. The smallest absolute Gasteiger partial charge is 0.0841 e. The van der Waals surface area contributed by atoms with Gasteiger partial charge in [-0.15, -0.1) is 0 Å². The van der Waals surface area contributed by atoms with E-state index in [4.69, 9.17) is 4.74 Å². The Morgan fingerprint density at radius 3 is 1.75 bits per heavy atom. The van der Waals surface area contributed by atoms with E-state index in [0.717, 1.165) is 0 Å². The fraction of sp³-hybridized carbons (Fsp3) is 0.867. The highest BCUT2D eigenvalue weighted by atomic mass is 16.6. The summed E-state index contributed by atoms with van der Waals surface area (Å²) in [6, 6.07) is 0. The molecule has 1 heteroatoms. The Morgan fingerprint density at radius 1 is 0.625 bits per heavy atom. The van der Waals surface area contributed by atoms with E-state index in [-0.39, 0.29) is 0 Å². The van der Waals surface area contributed by atoms with Gasteiger partial charge < -0.3 is 4.74 Å². The molecule has 0 aromatic heterocycles. The van der Waals surface area contributed by atoms with Crippen LogP contribution in [0.4, 0.5) is 0 Å². The molecular weight excluding hydrogens is 196 g/mol. The van der Waals surface area contributed by atoms with Gasteiger partial charge >= 0.3 is 0 Å². The predicted octanol–water partition coefficient (Wildman–Crippen LogP) is 4.61. The maximum Gasteiger partial charge on any atom is 0.0841 e. The molecule has 1 aliphatic heterocycles. The van der Waals surface area contributed by atoms with E-state index >= 15 is 0 Å². The van der Waals surface area contributed by atoms with E-state index in [0.29, 0.717) is 12.2 Å². The molecule has 0 N–H and O–H groups in total. The van der Waals surface area contributed by atoms with Gasteiger partial charge in [-0.05, 0) is 38.5 Å². The second-order valence-electron chi connectivity index (χ2n) is 5.31. The van der Waals surface area contributed by atoms with Gasteiger partial charge in [0.1, 0.15) is 0 Å². The second kappa shape index (κ2) is 7.11. The Labute approximate surface area is 100 Å². The second-order valence-corrected chi connectivity index (χ2v) is 5.31. The molecular formula is C15H26O. The third-order valence-corrected chi connectivity index (χ3v) is 3.82. The summed E-state index contributed by atoms with van der Waals surface area (Å²) < 4.78 is 5.70. The summed E-state index contributed by atoms with van der Waals surface area (Å²) in [6.45, 7) is 0. The van der Waals surface area contributed by atoms with Crippen LogP contribution in [0.3, 0.4) is 0 Å². The molecule has 0 saturated carbocycles. The van der Waals surface area contributed by atoms with Crippen molar-refractivity contribution in [3.8, 4) is 0 Å². The number of ether oxygens (including phenoxy) is 1. The molecule has 0 spiro atoms. The Hall–Kier alpha value is -0.300. The molecule has 1 fully saturated rings. The SMILES string of the molecule is C1=C/CCCCC[C@H]2O[C@H]2CCCCCC/1. The van der Waals surface area contributed by atoms with E-state index in [1.807, 2.05) is 0 Å². The third-order valence-electron chi connectivity index (χ3n) is 3.82. The van der Waals surface area contributed by atoms with Crippen molar-refractivity contribution in [3.05, 3.63) is 12.2 Å². The number of epoxide rings is 1. The third kappa shape index (κ3) is 4.69. The Balaban J connectivity index is 1.65. The van der Waals surface area contributed by atoms with Crippen molar-refractivity contribution in [2.24, 2.45) is 0 Å². The molecule has 0 bridgehead atoms. The van der Waals surface area contributed by atoms with Gasteiger partial charge in [-0.3, -0.25) is 0 Å². The molecule has 1 nitrogen and oxygen atoms in total. The molecule has 2 atom stereocenters. The highest BCUT2D eigenvalue weighted by Gasteiger charge is 2.36. The monoisotopic (exact) mass is 222 g/mol. The lowest BCUT2D eigenvalue weighted by Gasteiger charge is -1.97. The number of fused-ring (bicyclic) bond motifs is 1. The van der Waals surface area contributed by atoms with Gasteiger partial charge in [-0.25, -0.2) is 0 Å². The number of hydrogen-bond acceptors (Lipinski definition) is 1. The Morgan fingerprint density at radius 2 is 1.12 bits per heavy atom. The van der Waals surface area contributed by atoms with E-state index in [2.05, 4.69) is 12.2 Å². The zero-order valence-electron chi connectivity index (χ0n) is 10.5. The first-order valence-corrected chi connectivity index (χ1v) is 7.27. The van der Waals surface area contributed by atoms with Crippen LogP contribution in [0.5, 0.6) is 0 Å². The van der Waals surface area contributed by atoms with Crippen molar-refractivity contribution >= 4 is 0 Å². The summed E-state index contributed by atoms with van der Waals surface area (Å²) in [6.07, 6.45) is 21.0. The molecule has 0 radical (unpaired) electrons. The maximum atomic E-state index is 5.70. The van der Waals surface area contributed by atoms with Gasteiger partial charge in [0.15, 0.2) is 0 Å². The summed E-state index contributed by atoms with van der Waals surface area (Å²) in [4.78, 5) is 0. The van der Waals surface area contributed by atoms with Crippen molar-refractivity contribution in [1.82, 2.24) is 0 Å². The largest absolute Gasteiger partial charge is 0.370 e. The highest BCUT2D eigenvalue weighted by Crippen LogP contribution is 2.31. The highest BCUT2D eigenvalue weighted by molar-refractivity contribution is 4.85. The first-order valence-electron chi connectivity index (χ1n) is 7.27. The van der Waals surface area contributed by atoms with E-state index < -0.39 is 0 Å². The van der Waals surface area contributed by atoms with Crippen LogP contribution in [-0.4, -0.2) is 12.2 Å². The summed E-state index contributed by atoms with van der Waals surface area (Å²) in [5, 5.41) is 0. The molecule has 2 aliphatic rings. The van der Waals surface area contributed by atoms with Crippen LogP contribution < -0.4 is 0 Å². The minimum Gasteiger partial charge on any atom is -0.370 e. The molecule has 0 aromatic carbocycles. The number of allylic oxidation sites excluding steroid dienone is 2. The first-order chi connectivity index (χ1) is 7.97. The van der Waals surface area contributed by atoms with E-state index in [9.17, 15) is 0 Å². The number of hydrogen-bond donors (Lipinski definition) is 0. The van der Waals surface area contributed by atoms with Crippen LogP contribution in [0, 0.1) is 0 Å². The molecule has 2 rings (SSSR count). The van der Waals surface area contributed by atoms with Gasteiger partial charge in [0.2, 0.25) is 0 Å². The van der Waals surface area contributed by atoms with Crippen LogP contribution in [-0.2, 0) is 4.74 Å². The lowest BCUT2D eigenvalue weighted by atomic mass is 10.1. The van der Waals surface area contributed by atoms with Crippen LogP contribution in [0.2, 0.25) is 0 Å². The summed E-state index contributed by atoms with van der Waals surface area (Å²) in [5.41, 5.74) is 0. The van der Waals surface area contributed by atoms with E-state index in [1.165, 1.54) is 70.6 Å². The van der Waals surface area contributed by atoms with Gasteiger partial charge in [0.25, 0.3) is 0 Å². The standard InChI is InChI=1S/C15H26O/c1-2-4-6-8-10-12-14-15(16-14)13-11-9-7-5-3-1/h1-2,14-15H,3-13H2/b2-1+/t14-,15+/m1/s1. The van der Waals surface area contributed by atoms with Crippen molar-refractivity contribution in [2.45, 2.75) is 82.8 Å². The van der Waals surface area contributed by atoms with Crippen molar-refractivity contribution in [3.63, 3.8) is 0 Å². The minimum absolute atomic E-state index is 0.640. The molecule has 1 aliphatic carbocycles. The molecule has 0 aromatic rings. The average molecular weight is 222 g/mol. The number of rotatable bonds is 0. The van der Waals surface area contributed by atoms with Gasteiger partial charge in [-0.1, -0.05) is 44.3 Å². The lowest BCUT2D eigenvalue weighted by Crippen LogP contribution is -1.94. The summed E-state index contributed by atoms with van der Waals surface area (Å²) >= 11 is 0. The normalized spacial score (nSPS) is 35.5.